The molecule has 2 fully saturated rings. The average Bonchev–Trinajstić information content (AvgIpc) is 3.14. The van der Waals surface area contributed by atoms with E-state index < -0.39 is 13.3 Å². The van der Waals surface area contributed by atoms with Crippen LogP contribution in [0.2, 0.25) is 0 Å². The van der Waals surface area contributed by atoms with Crippen LogP contribution in [0.5, 0.6) is 0 Å². The van der Waals surface area contributed by atoms with E-state index in [4.69, 9.17) is 0 Å². The van der Waals surface area contributed by atoms with Gasteiger partial charge in [-0.05, 0) is 60.6 Å². The van der Waals surface area contributed by atoms with Gasteiger partial charge >= 0.3 is 0 Å². The molecule has 1 saturated heterocycles. The van der Waals surface area contributed by atoms with Crippen LogP contribution in [-0.4, -0.2) is 32.4 Å². The summed E-state index contributed by atoms with van der Waals surface area (Å²) in [5.41, 5.74) is 5.75. The predicted octanol–water partition coefficient (Wildman–Crippen LogP) is 7.16. The lowest BCUT2D eigenvalue weighted by molar-refractivity contribution is 0.197. The van der Waals surface area contributed by atoms with Crippen LogP contribution < -0.4 is 0 Å². The molecular weight excluding hydrogens is 463 g/mol. The first-order valence-electron chi connectivity index (χ1n) is 13.1. The molecule has 5 rings (SSSR count). The van der Waals surface area contributed by atoms with Crippen molar-refractivity contribution in [3.8, 4) is 0 Å². The highest BCUT2D eigenvalue weighted by molar-refractivity contribution is 7.60. The molecule has 5 heteroatoms. The van der Waals surface area contributed by atoms with E-state index in [1.54, 1.807) is 6.08 Å². The molecule has 0 spiro atoms. The van der Waals surface area contributed by atoms with Gasteiger partial charge in [-0.2, -0.15) is 0 Å². The van der Waals surface area contributed by atoms with E-state index in [1.165, 1.54) is 22.3 Å². The summed E-state index contributed by atoms with van der Waals surface area (Å²) in [4.78, 5) is 0. The number of benzene rings is 3. The van der Waals surface area contributed by atoms with Crippen LogP contribution in [-0.2, 0) is 17.7 Å². The molecule has 4 nitrogen and oxygen atoms in total. The number of hydrogen-bond acceptors (Lipinski definition) is 2. The Hall–Kier alpha value is -2.49. The van der Waals surface area contributed by atoms with Crippen LogP contribution in [0, 0.1) is 13.8 Å². The number of nitrogens with zero attached hydrogens (tertiary/aromatic N) is 2. The second-order valence-electron chi connectivity index (χ2n) is 10.2. The highest BCUT2D eigenvalue weighted by atomic mass is 31.2. The molecule has 2 aliphatic rings. The summed E-state index contributed by atoms with van der Waals surface area (Å²) >= 11 is 0. The summed E-state index contributed by atoms with van der Waals surface area (Å²) < 4.78 is 19.7. The normalized spacial score (nSPS) is 23.1. The van der Waals surface area contributed by atoms with Crippen molar-refractivity contribution in [1.82, 2.24) is 9.34 Å². The number of hydrogen-bond donors (Lipinski definition) is 1. The molecule has 0 aromatic heterocycles. The first-order chi connectivity index (χ1) is 17.5. The molecule has 0 radical (unpaired) electrons. The highest BCUT2D eigenvalue weighted by Crippen LogP contribution is 2.67. The highest BCUT2D eigenvalue weighted by Gasteiger charge is 2.57. The Labute approximate surface area is 215 Å². The van der Waals surface area contributed by atoms with E-state index in [-0.39, 0.29) is 12.1 Å². The molecule has 1 heterocycles. The third-order valence-electron chi connectivity index (χ3n) is 7.99. The molecule has 1 aliphatic carbocycles. The number of rotatable bonds is 7. The van der Waals surface area contributed by atoms with Crippen molar-refractivity contribution in [2.75, 3.05) is 0 Å². The van der Waals surface area contributed by atoms with E-state index in [0.717, 1.165) is 31.2 Å². The minimum Gasteiger partial charge on any atom is -0.378 e. The maximum atomic E-state index is 15.3. The summed E-state index contributed by atoms with van der Waals surface area (Å²) in [5, 5.41) is 11.7. The Morgan fingerprint density at radius 2 is 1.28 bits per heavy atom. The largest absolute Gasteiger partial charge is 0.378 e. The number of aryl methyl sites for hydroxylation is 2. The zero-order chi connectivity index (χ0) is 25.1. The molecule has 3 aromatic carbocycles. The van der Waals surface area contributed by atoms with Crippen LogP contribution in [0.3, 0.4) is 0 Å². The van der Waals surface area contributed by atoms with E-state index in [0.29, 0.717) is 13.1 Å². The van der Waals surface area contributed by atoms with Gasteiger partial charge in [-0.3, -0.25) is 4.57 Å². The van der Waals surface area contributed by atoms with Crippen molar-refractivity contribution in [3.63, 3.8) is 0 Å². The topological polar surface area (TPSA) is 43.8 Å². The lowest BCUT2D eigenvalue weighted by atomic mass is 9.89. The van der Waals surface area contributed by atoms with Crippen LogP contribution in [0.25, 0.3) is 6.08 Å². The summed E-state index contributed by atoms with van der Waals surface area (Å²) in [6.45, 7) is 5.41. The maximum absolute atomic E-state index is 15.3. The molecular formula is C31H37N2O2P. The third-order valence-corrected chi connectivity index (χ3v) is 11.2. The smallest absolute Gasteiger partial charge is 0.249 e. The van der Waals surface area contributed by atoms with Gasteiger partial charge in [0.15, 0.2) is 5.85 Å². The average molecular weight is 501 g/mol. The quantitative estimate of drug-likeness (QED) is 0.350. The van der Waals surface area contributed by atoms with Gasteiger partial charge in [-0.15, -0.1) is 0 Å². The van der Waals surface area contributed by atoms with E-state index in [1.807, 2.05) is 48.5 Å². The summed E-state index contributed by atoms with van der Waals surface area (Å²) in [5.74, 6) is -1.07. The van der Waals surface area contributed by atoms with Gasteiger partial charge in [-0.1, -0.05) is 97.8 Å². The molecule has 36 heavy (non-hydrogen) atoms. The minimum atomic E-state index is -3.36. The summed E-state index contributed by atoms with van der Waals surface area (Å²) in [6, 6.07) is 27.0. The van der Waals surface area contributed by atoms with Gasteiger partial charge in [0.25, 0.3) is 0 Å². The molecule has 1 N–H and O–H groups in total. The Balaban J connectivity index is 1.58. The van der Waals surface area contributed by atoms with Gasteiger partial charge in [0.1, 0.15) is 0 Å². The predicted molar refractivity (Wildman–Crippen MR) is 149 cm³/mol. The van der Waals surface area contributed by atoms with Gasteiger partial charge in [0.2, 0.25) is 7.44 Å². The lowest BCUT2D eigenvalue weighted by Gasteiger charge is -2.35. The molecule has 1 saturated carbocycles. The molecule has 3 aromatic rings. The lowest BCUT2D eigenvalue weighted by Crippen LogP contribution is -2.39. The third kappa shape index (κ3) is 4.88. The van der Waals surface area contributed by atoms with Crippen LogP contribution in [0.15, 0.2) is 84.9 Å². The summed E-state index contributed by atoms with van der Waals surface area (Å²) in [6.07, 6.45) is 7.96. The second kappa shape index (κ2) is 10.9. The first-order valence-corrected chi connectivity index (χ1v) is 14.8. The van der Waals surface area contributed by atoms with Gasteiger partial charge in [0, 0.05) is 25.2 Å². The Bertz CT molecular complexity index is 1190. The number of fused-ring (bicyclic) bond motifs is 1. The zero-order valence-corrected chi connectivity index (χ0v) is 22.2. The van der Waals surface area contributed by atoms with Crippen molar-refractivity contribution in [1.29, 1.82) is 0 Å². The SMILES string of the molecule is Cc1ccccc1CN1[C@@H]2CCCC[C@H]2N(Cc2ccccc2C)P1(=O)C(O)/C=C/c1ccccc1. The van der Waals surface area contributed by atoms with E-state index >= 15 is 4.57 Å². The second-order valence-corrected chi connectivity index (χ2v) is 13.0. The molecule has 188 valence electrons. The van der Waals surface area contributed by atoms with Gasteiger partial charge in [0.05, 0.1) is 0 Å². The molecule has 3 atom stereocenters. The van der Waals surface area contributed by atoms with Crippen molar-refractivity contribution in [2.45, 2.75) is 70.5 Å². The van der Waals surface area contributed by atoms with Crippen LogP contribution in [0.4, 0.5) is 0 Å². The fraction of sp³-hybridized carbons (Fsp3) is 0.355. The Morgan fingerprint density at radius 3 is 1.78 bits per heavy atom. The fourth-order valence-corrected chi connectivity index (χ4v) is 9.21. The maximum Gasteiger partial charge on any atom is 0.249 e. The summed E-state index contributed by atoms with van der Waals surface area (Å²) in [7, 11) is -3.36. The van der Waals surface area contributed by atoms with Crippen molar-refractivity contribution in [3.05, 3.63) is 113 Å². The van der Waals surface area contributed by atoms with Crippen molar-refractivity contribution in [2.24, 2.45) is 0 Å². The van der Waals surface area contributed by atoms with E-state index in [9.17, 15) is 5.11 Å². The molecule has 0 bridgehead atoms. The molecule has 1 aliphatic heterocycles. The molecule has 0 amide bonds. The van der Waals surface area contributed by atoms with Crippen LogP contribution in [0.1, 0.15) is 53.5 Å². The van der Waals surface area contributed by atoms with Crippen LogP contribution >= 0.6 is 7.44 Å². The van der Waals surface area contributed by atoms with Crippen molar-refractivity contribution >= 4 is 13.5 Å². The Kier molecular flexibility index (Phi) is 7.60. The fourth-order valence-electron chi connectivity index (χ4n) is 5.90. The number of aliphatic hydroxyl groups is 1. The Morgan fingerprint density at radius 1 is 0.806 bits per heavy atom. The minimum absolute atomic E-state index is 0.174. The first kappa shape index (κ1) is 25.2. The van der Waals surface area contributed by atoms with Gasteiger partial charge in [-0.25, -0.2) is 9.34 Å². The molecule has 1 unspecified atom stereocenters. The standard InChI is InChI=1S/C31H37N2O2P/c1-24-12-6-8-16-27(24)22-32-29-18-10-11-19-30(29)33(23-28-17-9-7-13-25(28)2)36(32,35)31(34)21-20-26-14-4-3-5-15-26/h3-9,12-17,20-21,29-31,34H,10-11,18-19,22-23H2,1-2H3/b21-20+/t29-,30-,31?/m1/s1. The zero-order valence-electron chi connectivity index (χ0n) is 21.3. The van der Waals surface area contributed by atoms with Gasteiger partial charge < -0.3 is 5.11 Å². The number of aliphatic hydroxyl groups excluding tert-OH is 1. The van der Waals surface area contributed by atoms with E-state index in [2.05, 4.69) is 59.6 Å². The van der Waals surface area contributed by atoms with Crippen molar-refractivity contribution < 1.29 is 9.67 Å². The monoisotopic (exact) mass is 500 g/mol.